The number of hydrogen-bond donors (Lipinski definition) is 2. The molecule has 1 amide bonds. The molecule has 0 aliphatic heterocycles. The Morgan fingerprint density at radius 3 is 1.91 bits per heavy atom. The minimum atomic E-state index is -3.43. The molecule has 172 valence electrons. The van der Waals surface area contributed by atoms with Gasteiger partial charge in [0.1, 0.15) is 6.04 Å². The molecule has 0 saturated heterocycles. The first-order valence-corrected chi connectivity index (χ1v) is 12.0. The summed E-state index contributed by atoms with van der Waals surface area (Å²) in [5, 5.41) is 2.68. The zero-order chi connectivity index (χ0) is 24.1. The third kappa shape index (κ3) is 7.19. The molecule has 0 heterocycles. The van der Waals surface area contributed by atoms with E-state index in [4.69, 9.17) is 4.74 Å². The Morgan fingerprint density at radius 2 is 1.41 bits per heavy atom. The summed E-state index contributed by atoms with van der Waals surface area (Å²) in [4.78, 5) is 37.9. The number of ether oxygens (including phenoxy) is 1. The lowest BCUT2D eigenvalue weighted by Crippen LogP contribution is -2.46. The van der Waals surface area contributed by atoms with Crippen LogP contribution in [0.25, 0.3) is 0 Å². The molecule has 32 heavy (non-hydrogen) atoms. The van der Waals surface area contributed by atoms with Crippen molar-refractivity contribution in [2.45, 2.75) is 39.8 Å². The predicted octanol–water partition coefficient (Wildman–Crippen LogP) is 2.94. The molecule has 8 nitrogen and oxygen atoms in total. The minimum absolute atomic E-state index is 0.258. The first-order chi connectivity index (χ1) is 14.9. The van der Waals surface area contributed by atoms with Crippen LogP contribution in [-0.2, 0) is 19.6 Å². The quantitative estimate of drug-likeness (QED) is 0.439. The SMILES string of the molecule is Cc1ccc(C(=O)N[C@H](C(=O)OC(C)C(=O)c2ccc(NS(C)(=O)=O)cc2)C(C)C)cc1. The van der Waals surface area contributed by atoms with Crippen LogP contribution >= 0.6 is 0 Å². The summed E-state index contributed by atoms with van der Waals surface area (Å²) in [6.45, 7) is 6.88. The van der Waals surface area contributed by atoms with Crippen LogP contribution in [0, 0.1) is 12.8 Å². The van der Waals surface area contributed by atoms with Crippen molar-refractivity contribution in [1.29, 1.82) is 0 Å². The molecule has 2 atom stereocenters. The number of Topliss-reactive ketones (excluding diaryl/α,β-unsaturated/α-hetero) is 1. The maximum Gasteiger partial charge on any atom is 0.329 e. The highest BCUT2D eigenvalue weighted by atomic mass is 32.2. The van der Waals surface area contributed by atoms with Gasteiger partial charge in [0.15, 0.2) is 6.10 Å². The highest BCUT2D eigenvalue weighted by Gasteiger charge is 2.29. The van der Waals surface area contributed by atoms with E-state index < -0.39 is 39.8 Å². The largest absolute Gasteiger partial charge is 0.453 e. The van der Waals surface area contributed by atoms with Crippen LogP contribution in [0.1, 0.15) is 47.1 Å². The number of aryl methyl sites for hydroxylation is 1. The lowest BCUT2D eigenvalue weighted by atomic mass is 10.0. The van der Waals surface area contributed by atoms with Crippen LogP contribution in [0.3, 0.4) is 0 Å². The van der Waals surface area contributed by atoms with Crippen LogP contribution < -0.4 is 10.0 Å². The molecule has 0 bridgehead atoms. The second-order valence-corrected chi connectivity index (χ2v) is 9.70. The van der Waals surface area contributed by atoms with Crippen molar-refractivity contribution in [2.24, 2.45) is 5.92 Å². The van der Waals surface area contributed by atoms with E-state index in [9.17, 15) is 22.8 Å². The normalized spacial score (nSPS) is 13.2. The molecule has 2 N–H and O–H groups in total. The second-order valence-electron chi connectivity index (χ2n) is 7.96. The third-order valence-corrected chi connectivity index (χ3v) is 5.26. The lowest BCUT2D eigenvalue weighted by Gasteiger charge is -2.23. The van der Waals surface area contributed by atoms with E-state index in [1.54, 1.807) is 38.1 Å². The molecule has 0 aromatic heterocycles. The summed E-state index contributed by atoms with van der Waals surface area (Å²) in [6.07, 6.45) is -0.0650. The van der Waals surface area contributed by atoms with Gasteiger partial charge in [0.05, 0.1) is 6.26 Å². The van der Waals surface area contributed by atoms with Crippen molar-refractivity contribution >= 4 is 33.4 Å². The molecule has 9 heteroatoms. The number of benzene rings is 2. The van der Waals surface area contributed by atoms with Gasteiger partial charge in [0, 0.05) is 16.8 Å². The highest BCUT2D eigenvalue weighted by molar-refractivity contribution is 7.92. The van der Waals surface area contributed by atoms with Crippen molar-refractivity contribution in [3.8, 4) is 0 Å². The van der Waals surface area contributed by atoms with Gasteiger partial charge in [-0.15, -0.1) is 0 Å². The zero-order valence-electron chi connectivity index (χ0n) is 18.7. The number of ketones is 1. The summed E-state index contributed by atoms with van der Waals surface area (Å²) in [7, 11) is -3.43. The number of rotatable bonds is 9. The first-order valence-electron chi connectivity index (χ1n) is 10.1. The van der Waals surface area contributed by atoms with E-state index in [0.29, 0.717) is 11.3 Å². The van der Waals surface area contributed by atoms with Crippen molar-refractivity contribution < 1.29 is 27.5 Å². The van der Waals surface area contributed by atoms with E-state index in [1.807, 2.05) is 6.92 Å². The van der Waals surface area contributed by atoms with E-state index in [-0.39, 0.29) is 11.5 Å². The van der Waals surface area contributed by atoms with Gasteiger partial charge in [-0.2, -0.15) is 0 Å². The maximum atomic E-state index is 12.7. The van der Waals surface area contributed by atoms with Gasteiger partial charge in [0.2, 0.25) is 15.8 Å². The standard InChI is InChI=1S/C23H28N2O6S/c1-14(2)20(24-22(27)18-8-6-15(3)7-9-18)23(28)31-16(4)21(26)17-10-12-19(13-11-17)25-32(5,29)30/h6-14,16,20,25H,1-5H3,(H,24,27)/t16?,20-/m0/s1. The van der Waals surface area contributed by atoms with Crippen LogP contribution in [0.5, 0.6) is 0 Å². The number of nitrogens with one attached hydrogen (secondary N) is 2. The van der Waals surface area contributed by atoms with Crippen LogP contribution in [0.4, 0.5) is 5.69 Å². The molecular weight excluding hydrogens is 432 g/mol. The number of anilines is 1. The molecule has 0 saturated carbocycles. The fourth-order valence-electron chi connectivity index (χ4n) is 2.88. The van der Waals surface area contributed by atoms with Gasteiger partial charge >= 0.3 is 5.97 Å². The summed E-state index contributed by atoms with van der Waals surface area (Å²) in [6, 6.07) is 11.8. The zero-order valence-corrected chi connectivity index (χ0v) is 19.5. The van der Waals surface area contributed by atoms with E-state index in [1.165, 1.54) is 31.2 Å². The number of amides is 1. The minimum Gasteiger partial charge on any atom is -0.453 e. The van der Waals surface area contributed by atoms with Gasteiger partial charge in [-0.3, -0.25) is 14.3 Å². The topological polar surface area (TPSA) is 119 Å². The molecule has 0 fully saturated rings. The molecule has 0 aliphatic rings. The molecular formula is C23H28N2O6S. The number of hydrogen-bond acceptors (Lipinski definition) is 6. The molecule has 0 aliphatic carbocycles. The lowest BCUT2D eigenvalue weighted by molar-refractivity contribution is -0.149. The monoisotopic (exact) mass is 460 g/mol. The molecule has 2 aromatic rings. The average Bonchev–Trinajstić information content (AvgIpc) is 2.70. The van der Waals surface area contributed by atoms with E-state index >= 15 is 0 Å². The third-order valence-electron chi connectivity index (χ3n) is 4.66. The van der Waals surface area contributed by atoms with E-state index in [0.717, 1.165) is 11.8 Å². The Kier molecular flexibility index (Phi) is 8.15. The molecule has 2 aromatic carbocycles. The van der Waals surface area contributed by atoms with Gasteiger partial charge in [0.25, 0.3) is 5.91 Å². The Morgan fingerprint density at radius 1 is 0.875 bits per heavy atom. The molecule has 2 rings (SSSR count). The Balaban J connectivity index is 2.04. The summed E-state index contributed by atoms with van der Waals surface area (Å²) in [5.74, 6) is -1.83. The molecule has 1 unspecified atom stereocenters. The summed E-state index contributed by atoms with van der Waals surface area (Å²) < 4.78 is 30.2. The van der Waals surface area contributed by atoms with Gasteiger partial charge < -0.3 is 10.1 Å². The van der Waals surface area contributed by atoms with Crippen molar-refractivity contribution in [2.75, 3.05) is 11.0 Å². The van der Waals surface area contributed by atoms with Crippen LogP contribution in [0.2, 0.25) is 0 Å². The fraction of sp³-hybridized carbons (Fsp3) is 0.348. The average molecular weight is 461 g/mol. The van der Waals surface area contributed by atoms with E-state index in [2.05, 4.69) is 10.0 Å². The molecule has 0 radical (unpaired) electrons. The van der Waals surface area contributed by atoms with Gasteiger partial charge in [-0.1, -0.05) is 31.5 Å². The second kappa shape index (κ2) is 10.4. The summed E-state index contributed by atoms with van der Waals surface area (Å²) >= 11 is 0. The number of esters is 1. The number of carbonyl (C=O) groups excluding carboxylic acids is 3. The van der Waals surface area contributed by atoms with Crippen molar-refractivity contribution in [3.63, 3.8) is 0 Å². The fourth-order valence-corrected chi connectivity index (χ4v) is 3.44. The van der Waals surface area contributed by atoms with Gasteiger partial charge in [-0.25, -0.2) is 13.2 Å². The smallest absolute Gasteiger partial charge is 0.329 e. The first kappa shape index (κ1) is 25.1. The molecule has 0 spiro atoms. The number of carbonyl (C=O) groups is 3. The van der Waals surface area contributed by atoms with Crippen molar-refractivity contribution in [3.05, 3.63) is 65.2 Å². The maximum absolute atomic E-state index is 12.7. The predicted molar refractivity (Wildman–Crippen MR) is 122 cm³/mol. The van der Waals surface area contributed by atoms with Gasteiger partial charge in [-0.05, 0) is 56.2 Å². The Bertz CT molecular complexity index is 1080. The summed E-state index contributed by atoms with van der Waals surface area (Å²) in [5.41, 5.74) is 2.00. The Hall–Kier alpha value is -3.20. The Labute approximate surface area is 188 Å². The highest BCUT2D eigenvalue weighted by Crippen LogP contribution is 2.15. The van der Waals surface area contributed by atoms with Crippen LogP contribution in [0.15, 0.2) is 48.5 Å². The van der Waals surface area contributed by atoms with Crippen molar-refractivity contribution in [1.82, 2.24) is 5.32 Å². The number of sulfonamides is 1. The van der Waals surface area contributed by atoms with Crippen LogP contribution in [-0.4, -0.2) is 44.5 Å².